The van der Waals surface area contributed by atoms with Crippen LogP contribution in [0.1, 0.15) is 46.5 Å². The molecule has 3 rings (SSSR count). The predicted molar refractivity (Wildman–Crippen MR) is 114 cm³/mol. The maximum atomic E-state index is 14.8. The van der Waals surface area contributed by atoms with Crippen LogP contribution >= 0.6 is 0 Å². The Hall–Kier alpha value is -3.76. The van der Waals surface area contributed by atoms with Gasteiger partial charge in [-0.3, -0.25) is 9.78 Å². The van der Waals surface area contributed by atoms with Crippen molar-refractivity contribution in [1.29, 1.82) is 5.41 Å². The van der Waals surface area contributed by atoms with Crippen molar-refractivity contribution in [3.05, 3.63) is 101 Å². The zero-order chi connectivity index (χ0) is 23.3. The number of aliphatic hydroxyl groups is 1. The molecule has 1 heterocycles. The maximum Gasteiger partial charge on any atom is 0.177 e. The highest BCUT2D eigenvalue weighted by Gasteiger charge is 2.36. The van der Waals surface area contributed by atoms with Gasteiger partial charge in [0.25, 0.3) is 0 Å². The predicted octanol–water partition coefficient (Wildman–Crippen LogP) is 4.86. The van der Waals surface area contributed by atoms with Crippen molar-refractivity contribution in [1.82, 2.24) is 4.98 Å². The molecule has 0 bridgehead atoms. The van der Waals surface area contributed by atoms with Crippen LogP contribution in [-0.4, -0.2) is 21.6 Å². The zero-order valence-corrected chi connectivity index (χ0v) is 17.1. The number of aromatic nitrogens is 1. The van der Waals surface area contributed by atoms with Gasteiger partial charge in [0.15, 0.2) is 5.78 Å². The molecular weight excluding hydrogens is 417 g/mol. The quantitative estimate of drug-likeness (QED) is 0.329. The third-order valence-corrected chi connectivity index (χ3v) is 4.80. The average Bonchev–Trinajstić information content (AvgIpc) is 2.78. The summed E-state index contributed by atoms with van der Waals surface area (Å²) in [5.41, 5.74) is -0.738. The molecular formula is C25H19F3N2O2. The molecule has 2 atom stereocenters. The Morgan fingerprint density at radius 2 is 1.81 bits per heavy atom. The van der Waals surface area contributed by atoms with Crippen LogP contribution in [0.3, 0.4) is 0 Å². The van der Waals surface area contributed by atoms with Crippen LogP contribution in [0.15, 0.2) is 60.9 Å². The molecule has 4 nitrogen and oxygen atoms in total. The molecule has 0 saturated carbocycles. The van der Waals surface area contributed by atoms with Gasteiger partial charge in [0.2, 0.25) is 0 Å². The smallest absolute Gasteiger partial charge is 0.177 e. The number of benzene rings is 2. The third-order valence-electron chi connectivity index (χ3n) is 4.80. The van der Waals surface area contributed by atoms with Gasteiger partial charge >= 0.3 is 0 Å². The van der Waals surface area contributed by atoms with Gasteiger partial charge in [-0.05, 0) is 42.0 Å². The van der Waals surface area contributed by atoms with Gasteiger partial charge in [0.05, 0.1) is 23.3 Å². The first kappa shape index (κ1) is 22.9. The summed E-state index contributed by atoms with van der Waals surface area (Å²) in [5, 5.41) is 19.4. The second-order valence-corrected chi connectivity index (χ2v) is 6.96. The van der Waals surface area contributed by atoms with Crippen LogP contribution in [0.5, 0.6) is 0 Å². The van der Waals surface area contributed by atoms with E-state index in [2.05, 4.69) is 16.8 Å². The number of hydrogen-bond acceptors (Lipinski definition) is 4. The summed E-state index contributed by atoms with van der Waals surface area (Å²) in [6.07, 6.45) is 1.70. The lowest BCUT2D eigenvalue weighted by molar-refractivity contribution is 0.0789. The van der Waals surface area contributed by atoms with E-state index in [1.807, 2.05) is 6.92 Å². The highest BCUT2D eigenvalue weighted by Crippen LogP contribution is 2.30. The Morgan fingerprint density at radius 3 is 2.44 bits per heavy atom. The Labute approximate surface area is 183 Å². The number of ketones is 1. The normalized spacial score (nSPS) is 12.4. The summed E-state index contributed by atoms with van der Waals surface area (Å²) in [7, 11) is 0. The molecule has 162 valence electrons. The zero-order valence-electron chi connectivity index (χ0n) is 17.1. The first-order valence-corrected chi connectivity index (χ1v) is 9.78. The molecule has 0 aliphatic rings. The van der Waals surface area contributed by atoms with Gasteiger partial charge < -0.3 is 10.5 Å². The largest absolute Gasteiger partial charge is 0.387 e. The minimum absolute atomic E-state index is 0.184. The van der Waals surface area contributed by atoms with Gasteiger partial charge in [-0.25, -0.2) is 13.2 Å². The molecule has 7 heteroatoms. The average molecular weight is 436 g/mol. The van der Waals surface area contributed by atoms with E-state index in [0.717, 1.165) is 18.2 Å². The number of hydrogen-bond donors (Lipinski definition) is 2. The molecule has 0 fully saturated rings. The molecule has 1 aromatic heterocycles. The van der Waals surface area contributed by atoms with Crippen LogP contribution in [0.25, 0.3) is 0 Å². The SMILES string of the molecule is CCC#Cc1ccc(C(=N)C(C(=O)c2ccc(F)cc2F)C(O)c2cccnc2)c(F)c1. The lowest BCUT2D eigenvalue weighted by atomic mass is 9.82. The highest BCUT2D eigenvalue weighted by molar-refractivity contribution is 6.17. The monoisotopic (exact) mass is 436 g/mol. The molecule has 0 saturated heterocycles. The van der Waals surface area contributed by atoms with Crippen LogP contribution in [0.2, 0.25) is 0 Å². The number of Topliss-reactive ketones (excluding diaryl/α,β-unsaturated/α-hetero) is 1. The first-order chi connectivity index (χ1) is 15.3. The van der Waals surface area contributed by atoms with E-state index in [9.17, 15) is 23.1 Å². The number of pyridine rings is 1. The Kier molecular flexibility index (Phi) is 7.18. The Balaban J connectivity index is 2.08. The van der Waals surface area contributed by atoms with E-state index in [0.29, 0.717) is 18.1 Å². The fourth-order valence-corrected chi connectivity index (χ4v) is 3.20. The number of carbonyl (C=O) groups excluding carboxylic acids is 1. The molecule has 2 N–H and O–H groups in total. The van der Waals surface area contributed by atoms with E-state index < -0.39 is 46.5 Å². The molecule has 32 heavy (non-hydrogen) atoms. The summed E-state index contributed by atoms with van der Waals surface area (Å²) < 4.78 is 42.5. The molecule has 2 aromatic carbocycles. The van der Waals surface area contributed by atoms with Crippen LogP contribution in [-0.2, 0) is 0 Å². The minimum atomic E-state index is -1.67. The van der Waals surface area contributed by atoms with Crippen molar-refractivity contribution in [2.75, 3.05) is 0 Å². The molecule has 0 aliphatic heterocycles. The molecule has 2 unspecified atom stereocenters. The van der Waals surface area contributed by atoms with Gasteiger partial charge in [0.1, 0.15) is 17.5 Å². The van der Waals surface area contributed by atoms with E-state index in [4.69, 9.17) is 5.41 Å². The molecule has 3 aromatic rings. The lowest BCUT2D eigenvalue weighted by Gasteiger charge is -2.23. The summed E-state index contributed by atoms with van der Waals surface area (Å²) in [5.74, 6) is 0.0923. The summed E-state index contributed by atoms with van der Waals surface area (Å²) >= 11 is 0. The van der Waals surface area contributed by atoms with Gasteiger partial charge in [-0.15, -0.1) is 0 Å². The minimum Gasteiger partial charge on any atom is -0.387 e. The number of nitrogens with zero attached hydrogens (tertiary/aromatic N) is 1. The van der Waals surface area contributed by atoms with Gasteiger partial charge in [-0.1, -0.05) is 24.8 Å². The van der Waals surface area contributed by atoms with Crippen LogP contribution in [0.4, 0.5) is 13.2 Å². The van der Waals surface area contributed by atoms with Crippen molar-refractivity contribution in [3.8, 4) is 11.8 Å². The second-order valence-electron chi connectivity index (χ2n) is 6.96. The van der Waals surface area contributed by atoms with Crippen LogP contribution in [0, 0.1) is 40.6 Å². The maximum absolute atomic E-state index is 14.8. The van der Waals surface area contributed by atoms with Gasteiger partial charge in [-0.2, -0.15) is 0 Å². The number of carbonyl (C=O) groups is 1. The fourth-order valence-electron chi connectivity index (χ4n) is 3.20. The Bertz CT molecular complexity index is 1220. The standard InChI is InChI=1S/C25H19F3N2O2/c1-2-3-5-15-7-9-18(20(27)12-15)23(29)22(24(31)16-6-4-11-30-14-16)25(32)19-10-8-17(26)13-21(19)28/h4,6-14,22,24,29,31H,2H2,1H3. The van der Waals surface area contributed by atoms with E-state index in [1.54, 1.807) is 0 Å². The number of halogens is 3. The Morgan fingerprint density at radius 1 is 1.09 bits per heavy atom. The van der Waals surface area contributed by atoms with E-state index in [1.165, 1.54) is 36.7 Å². The van der Waals surface area contributed by atoms with Crippen molar-refractivity contribution >= 4 is 11.5 Å². The molecule has 0 aliphatic carbocycles. The second kappa shape index (κ2) is 10.0. The lowest BCUT2D eigenvalue weighted by Crippen LogP contribution is -2.32. The van der Waals surface area contributed by atoms with Crippen molar-refractivity contribution in [2.24, 2.45) is 5.92 Å². The summed E-state index contributed by atoms with van der Waals surface area (Å²) in [6, 6.07) is 9.27. The molecule has 0 spiro atoms. The van der Waals surface area contributed by atoms with Crippen molar-refractivity contribution in [3.63, 3.8) is 0 Å². The molecule has 0 amide bonds. The molecule has 0 radical (unpaired) electrons. The van der Waals surface area contributed by atoms with Gasteiger partial charge in [0, 0.05) is 36.0 Å². The van der Waals surface area contributed by atoms with E-state index >= 15 is 0 Å². The summed E-state index contributed by atoms with van der Waals surface area (Å²) in [4.78, 5) is 17.1. The highest BCUT2D eigenvalue weighted by atomic mass is 19.1. The van der Waals surface area contributed by atoms with Crippen LogP contribution < -0.4 is 0 Å². The topological polar surface area (TPSA) is 74.0 Å². The fraction of sp³-hybridized carbons (Fsp3) is 0.160. The third kappa shape index (κ3) is 4.93. The van der Waals surface area contributed by atoms with E-state index in [-0.39, 0.29) is 11.1 Å². The number of nitrogens with one attached hydrogen (secondary N) is 1. The van der Waals surface area contributed by atoms with Crippen molar-refractivity contribution < 1.29 is 23.1 Å². The first-order valence-electron chi connectivity index (χ1n) is 9.78. The number of rotatable bonds is 6. The van der Waals surface area contributed by atoms with Crippen molar-refractivity contribution in [2.45, 2.75) is 19.4 Å². The number of aliphatic hydroxyl groups excluding tert-OH is 1. The summed E-state index contributed by atoms with van der Waals surface area (Å²) in [6.45, 7) is 1.85.